The molecule has 0 aliphatic carbocycles. The Morgan fingerprint density at radius 1 is 1.47 bits per heavy atom. The summed E-state index contributed by atoms with van der Waals surface area (Å²) in [5.74, 6) is 0. The lowest BCUT2D eigenvalue weighted by Crippen LogP contribution is -2.42. The molecule has 1 aromatic rings. The third-order valence-corrected chi connectivity index (χ3v) is 3.15. The Hall–Kier alpha value is -0.480. The van der Waals surface area contributed by atoms with Crippen molar-refractivity contribution >= 4 is 11.5 Å². The van der Waals surface area contributed by atoms with Crippen molar-refractivity contribution in [3.05, 3.63) is 11.3 Å². The maximum absolute atomic E-state index is 4.25. The van der Waals surface area contributed by atoms with Gasteiger partial charge in [-0.15, -0.1) is 0 Å². The second-order valence-corrected chi connectivity index (χ2v) is 5.78. The third-order valence-electron chi connectivity index (χ3n) is 2.47. The van der Waals surface area contributed by atoms with Crippen LogP contribution >= 0.6 is 11.5 Å². The quantitative estimate of drug-likeness (QED) is 0.840. The van der Waals surface area contributed by atoms with Crippen LogP contribution in [0.5, 0.6) is 0 Å². The molecule has 0 saturated heterocycles. The van der Waals surface area contributed by atoms with E-state index in [1.54, 1.807) is 6.33 Å². The molecule has 4 heteroatoms. The number of aromatic nitrogens is 2. The maximum atomic E-state index is 4.25. The smallest absolute Gasteiger partial charge is 0.129 e. The predicted octanol–water partition coefficient (Wildman–Crippen LogP) is 2.49. The van der Waals surface area contributed by atoms with Crippen molar-refractivity contribution in [1.82, 2.24) is 14.7 Å². The van der Waals surface area contributed by atoms with Gasteiger partial charge >= 0.3 is 0 Å². The van der Waals surface area contributed by atoms with E-state index in [1.807, 2.05) is 0 Å². The van der Waals surface area contributed by atoms with Crippen molar-refractivity contribution in [2.45, 2.75) is 46.6 Å². The van der Waals surface area contributed by atoms with Gasteiger partial charge in [0.25, 0.3) is 0 Å². The molecular formula is C11H21N3S. The van der Waals surface area contributed by atoms with E-state index in [9.17, 15) is 0 Å². The van der Waals surface area contributed by atoms with Crippen LogP contribution in [0.3, 0.4) is 0 Å². The molecule has 86 valence electrons. The first-order valence-corrected chi connectivity index (χ1v) is 6.30. The van der Waals surface area contributed by atoms with E-state index in [2.05, 4.69) is 42.4 Å². The van der Waals surface area contributed by atoms with Crippen molar-refractivity contribution in [3.63, 3.8) is 0 Å². The second-order valence-electron chi connectivity index (χ2n) is 4.91. The molecule has 3 nitrogen and oxygen atoms in total. The normalized spacial score (nSPS) is 14.1. The highest BCUT2D eigenvalue weighted by Gasteiger charge is 2.24. The van der Waals surface area contributed by atoms with Gasteiger partial charge in [0.2, 0.25) is 0 Å². The molecule has 1 atom stereocenters. The number of rotatable bonds is 5. The molecule has 0 fully saturated rings. The van der Waals surface area contributed by atoms with Crippen molar-refractivity contribution in [2.24, 2.45) is 5.41 Å². The number of hydrogen-bond donors (Lipinski definition) is 1. The van der Waals surface area contributed by atoms with Crippen LogP contribution in [0.25, 0.3) is 0 Å². The molecule has 0 aliphatic rings. The number of nitrogens with zero attached hydrogens (tertiary/aromatic N) is 2. The second kappa shape index (κ2) is 5.56. The summed E-state index contributed by atoms with van der Waals surface area (Å²) in [6, 6.07) is 0.477. The summed E-state index contributed by atoms with van der Waals surface area (Å²) in [6.07, 6.45) is 3.79. The van der Waals surface area contributed by atoms with E-state index in [-0.39, 0.29) is 5.41 Å². The Bertz CT molecular complexity index is 264. The number of nitrogens with one attached hydrogen (secondary N) is 1. The summed E-state index contributed by atoms with van der Waals surface area (Å²) >= 11 is 1.50. The molecule has 1 unspecified atom stereocenters. The fourth-order valence-electron chi connectivity index (χ4n) is 1.46. The van der Waals surface area contributed by atoms with Gasteiger partial charge < -0.3 is 5.32 Å². The topological polar surface area (TPSA) is 37.8 Å². The minimum absolute atomic E-state index is 0.265. The SMILES string of the molecule is CCCNC(Cc1ncns1)C(C)(C)C. The Kier molecular flexibility index (Phi) is 4.67. The Balaban J connectivity index is 2.57. The average Bonchev–Trinajstić information content (AvgIpc) is 2.62. The van der Waals surface area contributed by atoms with Gasteiger partial charge in [-0.05, 0) is 29.9 Å². The van der Waals surface area contributed by atoms with Crippen LogP contribution in [0.4, 0.5) is 0 Å². The van der Waals surface area contributed by atoms with Crippen LogP contribution in [0.1, 0.15) is 39.1 Å². The van der Waals surface area contributed by atoms with Crippen LogP contribution in [-0.4, -0.2) is 21.9 Å². The zero-order valence-electron chi connectivity index (χ0n) is 10.1. The van der Waals surface area contributed by atoms with Crippen molar-refractivity contribution in [2.75, 3.05) is 6.54 Å². The fourth-order valence-corrected chi connectivity index (χ4v) is 2.02. The summed E-state index contributed by atoms with van der Waals surface area (Å²) in [4.78, 5) is 4.25. The first-order valence-electron chi connectivity index (χ1n) is 5.53. The molecule has 1 rings (SSSR count). The highest BCUT2D eigenvalue weighted by Crippen LogP contribution is 2.22. The molecule has 0 radical (unpaired) electrons. The van der Waals surface area contributed by atoms with Crippen molar-refractivity contribution in [1.29, 1.82) is 0 Å². The maximum Gasteiger partial charge on any atom is 0.129 e. The van der Waals surface area contributed by atoms with Crippen molar-refractivity contribution in [3.8, 4) is 0 Å². The zero-order valence-corrected chi connectivity index (χ0v) is 10.9. The van der Waals surface area contributed by atoms with Gasteiger partial charge in [0.15, 0.2) is 0 Å². The molecule has 0 spiro atoms. The molecular weight excluding hydrogens is 206 g/mol. The van der Waals surface area contributed by atoms with E-state index in [4.69, 9.17) is 0 Å². The summed E-state index contributed by atoms with van der Waals surface area (Å²) in [5, 5.41) is 4.71. The highest BCUT2D eigenvalue weighted by atomic mass is 32.1. The van der Waals surface area contributed by atoms with Gasteiger partial charge in [-0.3, -0.25) is 0 Å². The van der Waals surface area contributed by atoms with E-state index < -0.39 is 0 Å². The Morgan fingerprint density at radius 3 is 2.67 bits per heavy atom. The van der Waals surface area contributed by atoms with E-state index in [0.717, 1.165) is 18.0 Å². The van der Waals surface area contributed by atoms with Crippen LogP contribution in [0.15, 0.2) is 6.33 Å². The lowest BCUT2D eigenvalue weighted by atomic mass is 9.85. The van der Waals surface area contributed by atoms with E-state index >= 15 is 0 Å². The first kappa shape index (κ1) is 12.6. The molecule has 0 bridgehead atoms. The molecule has 1 heterocycles. The minimum Gasteiger partial charge on any atom is -0.313 e. The van der Waals surface area contributed by atoms with Crippen LogP contribution < -0.4 is 5.32 Å². The molecule has 1 aromatic heterocycles. The largest absolute Gasteiger partial charge is 0.313 e. The average molecular weight is 227 g/mol. The van der Waals surface area contributed by atoms with Crippen molar-refractivity contribution < 1.29 is 0 Å². The lowest BCUT2D eigenvalue weighted by Gasteiger charge is -2.31. The summed E-state index contributed by atoms with van der Waals surface area (Å²) in [5.41, 5.74) is 0.265. The van der Waals surface area contributed by atoms with Gasteiger partial charge in [0.1, 0.15) is 11.3 Å². The predicted molar refractivity (Wildman–Crippen MR) is 65.1 cm³/mol. The molecule has 1 N–H and O–H groups in total. The number of hydrogen-bond acceptors (Lipinski definition) is 4. The highest BCUT2D eigenvalue weighted by molar-refractivity contribution is 7.05. The first-order chi connectivity index (χ1) is 7.04. The standard InChI is InChI=1S/C11H21N3S/c1-5-6-12-9(11(2,3)4)7-10-13-8-14-15-10/h8-9,12H,5-7H2,1-4H3. The summed E-state index contributed by atoms with van der Waals surface area (Å²) in [7, 11) is 0. The van der Waals surface area contributed by atoms with E-state index in [1.165, 1.54) is 18.0 Å². The van der Waals surface area contributed by atoms with Crippen LogP contribution in [0.2, 0.25) is 0 Å². The minimum atomic E-state index is 0.265. The van der Waals surface area contributed by atoms with Gasteiger partial charge in [-0.2, -0.15) is 4.37 Å². The van der Waals surface area contributed by atoms with Gasteiger partial charge in [0.05, 0.1) is 0 Å². The molecule has 0 amide bonds. The third kappa shape index (κ3) is 4.26. The fraction of sp³-hybridized carbons (Fsp3) is 0.818. The van der Waals surface area contributed by atoms with Gasteiger partial charge in [-0.1, -0.05) is 27.7 Å². The van der Waals surface area contributed by atoms with E-state index in [0.29, 0.717) is 6.04 Å². The Morgan fingerprint density at radius 2 is 2.20 bits per heavy atom. The molecule has 15 heavy (non-hydrogen) atoms. The summed E-state index contributed by atoms with van der Waals surface area (Å²) in [6.45, 7) is 10.1. The monoisotopic (exact) mass is 227 g/mol. The Labute approximate surface area is 96.5 Å². The lowest BCUT2D eigenvalue weighted by molar-refractivity contribution is 0.266. The zero-order chi connectivity index (χ0) is 11.3. The molecule has 0 aromatic carbocycles. The summed E-state index contributed by atoms with van der Waals surface area (Å²) < 4.78 is 4.04. The van der Waals surface area contributed by atoms with Crippen LogP contribution in [-0.2, 0) is 6.42 Å². The van der Waals surface area contributed by atoms with Crippen LogP contribution in [0, 0.1) is 5.41 Å². The molecule has 0 aliphatic heterocycles. The molecule has 0 saturated carbocycles. The van der Waals surface area contributed by atoms with Gasteiger partial charge in [0, 0.05) is 12.5 Å². The van der Waals surface area contributed by atoms with Gasteiger partial charge in [-0.25, -0.2) is 4.98 Å².